The Hall–Kier alpha value is -0.120. The Morgan fingerprint density at radius 3 is 2.10 bits per heavy atom. The highest BCUT2D eigenvalue weighted by Crippen LogP contribution is 2.17. The summed E-state index contributed by atoms with van der Waals surface area (Å²) < 4.78 is 0. The van der Waals surface area contributed by atoms with Crippen LogP contribution in [0.15, 0.2) is 0 Å². The summed E-state index contributed by atoms with van der Waals surface area (Å²) in [5.74, 6) is 0. The van der Waals surface area contributed by atoms with Crippen LogP contribution in [-0.2, 0) is 0 Å². The van der Waals surface area contributed by atoms with E-state index in [0.29, 0.717) is 5.23 Å². The number of hydrogen-bond donors (Lipinski definition) is 2. The van der Waals surface area contributed by atoms with Crippen LogP contribution in [0.25, 0.3) is 0 Å². The molecule has 10 heavy (non-hydrogen) atoms. The normalized spacial score (nSPS) is 12.6. The van der Waals surface area contributed by atoms with Crippen LogP contribution in [0, 0.1) is 0 Å². The predicted octanol–water partition coefficient (Wildman–Crippen LogP) is 2.04. The molecule has 0 aromatic carbocycles. The lowest BCUT2D eigenvalue weighted by Gasteiger charge is -2.27. The first-order chi connectivity index (χ1) is 4.50. The molecule has 3 nitrogen and oxygen atoms in total. The zero-order chi connectivity index (χ0) is 8.20. The summed E-state index contributed by atoms with van der Waals surface area (Å²) in [6.07, 6.45) is 2.90. The van der Waals surface area contributed by atoms with E-state index in [1.165, 1.54) is 0 Å². The molecule has 0 amide bonds. The van der Waals surface area contributed by atoms with Gasteiger partial charge in [-0.05, 0) is 20.3 Å². The van der Waals surface area contributed by atoms with Crippen LogP contribution < -0.4 is 0 Å². The molecule has 0 aliphatic rings. The SMILES string of the molecule is CCCCC(C)(C)N(O)O. The number of hydroxylamine groups is 2. The van der Waals surface area contributed by atoms with E-state index in [1.807, 2.05) is 0 Å². The minimum Gasteiger partial charge on any atom is -0.289 e. The molecule has 0 aliphatic carbocycles. The van der Waals surface area contributed by atoms with Crippen LogP contribution in [0.4, 0.5) is 0 Å². The van der Waals surface area contributed by atoms with Crippen molar-refractivity contribution >= 4 is 0 Å². The van der Waals surface area contributed by atoms with Gasteiger partial charge in [-0.25, -0.2) is 0 Å². The third-order valence-corrected chi connectivity index (χ3v) is 1.68. The van der Waals surface area contributed by atoms with E-state index >= 15 is 0 Å². The third kappa shape index (κ3) is 3.15. The monoisotopic (exact) mass is 147 g/mol. The van der Waals surface area contributed by atoms with Crippen molar-refractivity contribution in [3.8, 4) is 0 Å². The number of hydrogen-bond acceptors (Lipinski definition) is 3. The molecule has 0 rings (SSSR count). The zero-order valence-corrected chi connectivity index (χ0v) is 6.96. The third-order valence-electron chi connectivity index (χ3n) is 1.68. The summed E-state index contributed by atoms with van der Waals surface area (Å²) in [7, 11) is 0. The minimum atomic E-state index is -0.504. The minimum absolute atomic E-state index is 0.294. The van der Waals surface area contributed by atoms with Crippen LogP contribution in [-0.4, -0.2) is 21.2 Å². The lowest BCUT2D eigenvalue weighted by Crippen LogP contribution is -2.38. The van der Waals surface area contributed by atoms with Gasteiger partial charge in [0.2, 0.25) is 0 Å². The first kappa shape index (κ1) is 9.88. The van der Waals surface area contributed by atoms with Crippen molar-refractivity contribution in [1.29, 1.82) is 0 Å². The molecule has 0 atom stereocenters. The molecule has 62 valence electrons. The van der Waals surface area contributed by atoms with Crippen LogP contribution in [0.1, 0.15) is 40.0 Å². The summed E-state index contributed by atoms with van der Waals surface area (Å²) in [5, 5.41) is 17.7. The van der Waals surface area contributed by atoms with Gasteiger partial charge in [0.15, 0.2) is 0 Å². The average molecular weight is 147 g/mol. The maximum absolute atomic E-state index is 8.70. The molecular formula is C7H17NO2. The quantitative estimate of drug-likeness (QED) is 0.598. The highest BCUT2D eigenvalue weighted by Gasteiger charge is 2.22. The van der Waals surface area contributed by atoms with Crippen molar-refractivity contribution < 1.29 is 10.4 Å². The van der Waals surface area contributed by atoms with Gasteiger partial charge in [0.05, 0.1) is 5.54 Å². The molecule has 0 saturated heterocycles. The second-order valence-electron chi connectivity index (χ2n) is 3.21. The first-order valence-electron chi connectivity index (χ1n) is 3.68. The molecule has 0 heterocycles. The average Bonchev–Trinajstić information content (AvgIpc) is 1.84. The standard InChI is InChI=1S/C7H17NO2/c1-4-5-6-7(2,3)8(9)10/h9-10H,4-6H2,1-3H3. The molecular weight excluding hydrogens is 130 g/mol. The molecule has 0 aromatic heterocycles. The molecule has 0 unspecified atom stereocenters. The van der Waals surface area contributed by atoms with Crippen LogP contribution in [0.5, 0.6) is 0 Å². The van der Waals surface area contributed by atoms with Crippen LogP contribution in [0.3, 0.4) is 0 Å². The highest BCUT2D eigenvalue weighted by atomic mass is 16.8. The molecule has 0 aromatic rings. The maximum atomic E-state index is 8.70. The van der Waals surface area contributed by atoms with Crippen molar-refractivity contribution in [2.24, 2.45) is 0 Å². The maximum Gasteiger partial charge on any atom is 0.0676 e. The van der Waals surface area contributed by atoms with E-state index in [1.54, 1.807) is 13.8 Å². The van der Waals surface area contributed by atoms with Crippen LogP contribution in [0.2, 0.25) is 0 Å². The fraction of sp³-hybridized carbons (Fsp3) is 1.00. The van der Waals surface area contributed by atoms with Crippen molar-refractivity contribution in [2.45, 2.75) is 45.6 Å². The summed E-state index contributed by atoms with van der Waals surface area (Å²) in [4.78, 5) is 0. The van der Waals surface area contributed by atoms with E-state index in [0.717, 1.165) is 19.3 Å². The Morgan fingerprint density at radius 2 is 1.80 bits per heavy atom. The number of rotatable bonds is 4. The summed E-state index contributed by atoms with van der Waals surface area (Å²) in [6.45, 7) is 5.67. The molecule has 3 heteroatoms. The van der Waals surface area contributed by atoms with E-state index in [4.69, 9.17) is 10.4 Å². The van der Waals surface area contributed by atoms with E-state index < -0.39 is 5.54 Å². The molecule has 0 fully saturated rings. The van der Waals surface area contributed by atoms with Gasteiger partial charge < -0.3 is 0 Å². The van der Waals surface area contributed by atoms with E-state index in [2.05, 4.69) is 6.92 Å². The fourth-order valence-electron chi connectivity index (χ4n) is 0.709. The Bertz CT molecular complexity index is 91.6. The largest absolute Gasteiger partial charge is 0.289 e. The van der Waals surface area contributed by atoms with Gasteiger partial charge in [0, 0.05) is 0 Å². The van der Waals surface area contributed by atoms with Gasteiger partial charge >= 0.3 is 0 Å². The van der Waals surface area contributed by atoms with Gasteiger partial charge in [-0.3, -0.25) is 10.4 Å². The lowest BCUT2D eigenvalue weighted by atomic mass is 9.99. The fourth-order valence-corrected chi connectivity index (χ4v) is 0.709. The molecule has 0 aliphatic heterocycles. The summed E-state index contributed by atoms with van der Waals surface area (Å²) >= 11 is 0. The molecule has 0 saturated carbocycles. The molecule has 0 bridgehead atoms. The first-order valence-corrected chi connectivity index (χ1v) is 3.68. The van der Waals surface area contributed by atoms with E-state index in [-0.39, 0.29) is 0 Å². The van der Waals surface area contributed by atoms with Gasteiger partial charge in [-0.15, -0.1) is 0 Å². The van der Waals surface area contributed by atoms with Crippen molar-refractivity contribution in [1.82, 2.24) is 5.23 Å². The Morgan fingerprint density at radius 1 is 1.30 bits per heavy atom. The molecule has 0 spiro atoms. The number of nitrogens with zero attached hydrogens (tertiary/aromatic N) is 1. The Kier molecular flexibility index (Phi) is 3.86. The second-order valence-corrected chi connectivity index (χ2v) is 3.21. The van der Waals surface area contributed by atoms with Gasteiger partial charge in [0.25, 0.3) is 0 Å². The van der Waals surface area contributed by atoms with Crippen molar-refractivity contribution in [2.75, 3.05) is 0 Å². The second kappa shape index (κ2) is 3.91. The van der Waals surface area contributed by atoms with E-state index in [9.17, 15) is 0 Å². The van der Waals surface area contributed by atoms with Gasteiger partial charge in [-0.1, -0.05) is 25.0 Å². The molecule has 0 radical (unpaired) electrons. The smallest absolute Gasteiger partial charge is 0.0676 e. The Balaban J connectivity index is 3.63. The highest BCUT2D eigenvalue weighted by molar-refractivity contribution is 4.70. The topological polar surface area (TPSA) is 43.7 Å². The van der Waals surface area contributed by atoms with Gasteiger partial charge in [0.1, 0.15) is 0 Å². The number of unbranched alkanes of at least 4 members (excludes halogenated alkanes) is 1. The predicted molar refractivity (Wildman–Crippen MR) is 39.0 cm³/mol. The van der Waals surface area contributed by atoms with Crippen LogP contribution >= 0.6 is 0 Å². The summed E-state index contributed by atoms with van der Waals surface area (Å²) in [5.41, 5.74) is -0.504. The van der Waals surface area contributed by atoms with Gasteiger partial charge in [-0.2, -0.15) is 0 Å². The molecule has 2 N–H and O–H groups in total. The summed E-state index contributed by atoms with van der Waals surface area (Å²) in [6, 6.07) is 0. The van der Waals surface area contributed by atoms with Crippen molar-refractivity contribution in [3.05, 3.63) is 0 Å². The lowest BCUT2D eigenvalue weighted by molar-refractivity contribution is -0.357. The van der Waals surface area contributed by atoms with Crippen molar-refractivity contribution in [3.63, 3.8) is 0 Å². The Labute approximate surface area is 62.2 Å². The zero-order valence-electron chi connectivity index (χ0n) is 6.96.